The molecule has 0 saturated carbocycles. The van der Waals surface area contributed by atoms with Gasteiger partial charge in [0.1, 0.15) is 5.75 Å². The van der Waals surface area contributed by atoms with Crippen LogP contribution in [-0.2, 0) is 4.79 Å². The van der Waals surface area contributed by atoms with E-state index in [0.29, 0.717) is 10.9 Å². The highest BCUT2D eigenvalue weighted by Crippen LogP contribution is 2.17. The first kappa shape index (κ1) is 16.8. The monoisotopic (exact) mass is 329 g/mol. The van der Waals surface area contributed by atoms with Crippen molar-refractivity contribution in [2.75, 3.05) is 11.9 Å². The molecule has 1 amide bonds. The molecule has 120 valence electrons. The minimum absolute atomic E-state index is 0.0941. The minimum atomic E-state index is -0.320. The molecule has 2 aromatic rings. The van der Waals surface area contributed by atoms with Crippen LogP contribution >= 0.6 is 12.2 Å². The van der Waals surface area contributed by atoms with Crippen molar-refractivity contribution in [1.29, 1.82) is 0 Å². The zero-order valence-electron chi connectivity index (χ0n) is 13.1. The molecule has 0 aliphatic rings. The smallest absolute Gasteiger partial charge is 0.276 e. The van der Waals surface area contributed by atoms with E-state index in [2.05, 4.69) is 16.2 Å². The van der Waals surface area contributed by atoms with Crippen LogP contribution in [0, 0.1) is 13.8 Å². The van der Waals surface area contributed by atoms with Gasteiger partial charge in [0.05, 0.1) is 0 Å². The Morgan fingerprint density at radius 1 is 1.04 bits per heavy atom. The van der Waals surface area contributed by atoms with Crippen LogP contribution in [-0.4, -0.2) is 17.6 Å². The second kappa shape index (κ2) is 8.14. The Morgan fingerprint density at radius 2 is 1.78 bits per heavy atom. The Kier molecular flexibility index (Phi) is 5.94. The van der Waals surface area contributed by atoms with Crippen LogP contribution in [0.3, 0.4) is 0 Å². The van der Waals surface area contributed by atoms with Gasteiger partial charge in [0.2, 0.25) is 0 Å². The zero-order chi connectivity index (χ0) is 16.7. The topological polar surface area (TPSA) is 62.4 Å². The van der Waals surface area contributed by atoms with Crippen LogP contribution in [0.5, 0.6) is 5.75 Å². The molecule has 2 rings (SSSR count). The van der Waals surface area contributed by atoms with E-state index in [9.17, 15) is 4.79 Å². The predicted octanol–water partition coefficient (Wildman–Crippen LogP) is 2.70. The normalized spacial score (nSPS) is 9.83. The van der Waals surface area contributed by atoms with Crippen molar-refractivity contribution in [3.8, 4) is 5.75 Å². The van der Waals surface area contributed by atoms with Gasteiger partial charge in [-0.2, -0.15) is 0 Å². The van der Waals surface area contributed by atoms with Crippen LogP contribution in [0.15, 0.2) is 48.5 Å². The highest BCUT2D eigenvalue weighted by molar-refractivity contribution is 7.80. The number of rotatable bonds is 4. The summed E-state index contributed by atoms with van der Waals surface area (Å²) in [6, 6.07) is 15.0. The largest absolute Gasteiger partial charge is 0.484 e. The summed E-state index contributed by atoms with van der Waals surface area (Å²) in [5.41, 5.74) is 8.32. The van der Waals surface area contributed by atoms with Gasteiger partial charge in [-0.25, -0.2) is 0 Å². The number of carbonyl (C=O) groups excluding carboxylic acids is 1. The highest BCUT2D eigenvalue weighted by atomic mass is 32.1. The van der Waals surface area contributed by atoms with Gasteiger partial charge in [-0.1, -0.05) is 30.3 Å². The van der Waals surface area contributed by atoms with Crippen molar-refractivity contribution in [2.24, 2.45) is 0 Å². The summed E-state index contributed by atoms with van der Waals surface area (Å²) in [4.78, 5) is 11.7. The summed E-state index contributed by atoms with van der Waals surface area (Å²) in [5.74, 6) is 0.317. The van der Waals surface area contributed by atoms with Gasteiger partial charge >= 0.3 is 0 Å². The molecule has 0 aromatic heterocycles. The van der Waals surface area contributed by atoms with E-state index in [0.717, 1.165) is 16.8 Å². The molecule has 2 aromatic carbocycles. The van der Waals surface area contributed by atoms with E-state index in [1.807, 2.05) is 50.2 Å². The lowest BCUT2D eigenvalue weighted by molar-refractivity contribution is -0.123. The van der Waals surface area contributed by atoms with Gasteiger partial charge < -0.3 is 10.1 Å². The van der Waals surface area contributed by atoms with E-state index >= 15 is 0 Å². The fraction of sp³-hybridized carbons (Fsp3) is 0.176. The molecule has 0 bridgehead atoms. The van der Waals surface area contributed by atoms with Gasteiger partial charge in [0, 0.05) is 5.69 Å². The van der Waals surface area contributed by atoms with Crippen molar-refractivity contribution >= 4 is 28.9 Å². The van der Waals surface area contributed by atoms with Gasteiger partial charge in [0.15, 0.2) is 11.7 Å². The number of hydrogen-bond donors (Lipinski definition) is 3. The number of nitrogens with one attached hydrogen (secondary N) is 3. The van der Waals surface area contributed by atoms with Crippen LogP contribution in [0.2, 0.25) is 0 Å². The summed E-state index contributed by atoms with van der Waals surface area (Å²) >= 11 is 5.16. The average Bonchev–Trinajstić information content (AvgIpc) is 2.56. The Bertz CT molecular complexity index is 689. The summed E-state index contributed by atoms with van der Waals surface area (Å²) in [5, 5.41) is 3.36. The fourth-order valence-electron chi connectivity index (χ4n) is 1.87. The van der Waals surface area contributed by atoms with Crippen molar-refractivity contribution in [1.82, 2.24) is 10.9 Å². The summed E-state index contributed by atoms with van der Waals surface area (Å²) < 4.78 is 5.34. The molecule has 0 atom stereocenters. The number of benzene rings is 2. The Labute approximate surface area is 141 Å². The molecule has 0 aliphatic carbocycles. The summed E-state index contributed by atoms with van der Waals surface area (Å²) in [6.45, 7) is 3.94. The van der Waals surface area contributed by atoms with Crippen molar-refractivity contribution < 1.29 is 9.53 Å². The van der Waals surface area contributed by atoms with E-state index in [1.54, 1.807) is 12.1 Å². The fourth-order valence-corrected chi connectivity index (χ4v) is 2.03. The van der Waals surface area contributed by atoms with Crippen molar-refractivity contribution in [3.63, 3.8) is 0 Å². The van der Waals surface area contributed by atoms with Crippen LogP contribution in [0.4, 0.5) is 5.69 Å². The van der Waals surface area contributed by atoms with Gasteiger partial charge in [-0.3, -0.25) is 15.6 Å². The maximum absolute atomic E-state index is 11.7. The summed E-state index contributed by atoms with van der Waals surface area (Å²) in [6.07, 6.45) is 0. The first-order valence-electron chi connectivity index (χ1n) is 7.16. The molecule has 3 N–H and O–H groups in total. The standard InChI is InChI=1S/C17H19N3O2S/c1-12-7-6-10-15(13(12)2)18-17(23)20-19-16(21)11-22-14-8-4-3-5-9-14/h3-10H,11H2,1-2H3,(H,19,21)(H2,18,20,23). The number of hydrogen-bond acceptors (Lipinski definition) is 3. The second-order valence-electron chi connectivity index (χ2n) is 4.98. The molecule has 23 heavy (non-hydrogen) atoms. The molecular formula is C17H19N3O2S. The summed E-state index contributed by atoms with van der Waals surface area (Å²) in [7, 11) is 0. The number of para-hydroxylation sites is 1. The molecule has 0 aliphatic heterocycles. The molecule has 0 heterocycles. The Morgan fingerprint density at radius 3 is 2.52 bits per heavy atom. The number of anilines is 1. The number of amides is 1. The zero-order valence-corrected chi connectivity index (χ0v) is 13.9. The van der Waals surface area contributed by atoms with E-state index in [-0.39, 0.29) is 12.5 Å². The van der Waals surface area contributed by atoms with Crippen LogP contribution < -0.4 is 20.9 Å². The van der Waals surface area contributed by atoms with Crippen molar-refractivity contribution in [3.05, 3.63) is 59.7 Å². The molecule has 0 radical (unpaired) electrons. The molecule has 5 nitrogen and oxygen atoms in total. The lowest BCUT2D eigenvalue weighted by Crippen LogP contribution is -2.45. The van der Waals surface area contributed by atoms with E-state index in [4.69, 9.17) is 17.0 Å². The number of ether oxygens (including phenoxy) is 1. The SMILES string of the molecule is Cc1cccc(NC(=S)NNC(=O)COc2ccccc2)c1C. The third-order valence-electron chi connectivity index (χ3n) is 3.28. The van der Waals surface area contributed by atoms with Gasteiger partial charge in [-0.05, 0) is 55.4 Å². The lowest BCUT2D eigenvalue weighted by atomic mass is 10.1. The Hall–Kier alpha value is -2.60. The quantitative estimate of drug-likeness (QED) is 0.595. The molecule has 0 spiro atoms. The molecule has 0 saturated heterocycles. The number of aryl methyl sites for hydroxylation is 1. The Balaban J connectivity index is 1.75. The maximum Gasteiger partial charge on any atom is 0.276 e. The molecule has 0 unspecified atom stereocenters. The molecule has 6 heteroatoms. The third kappa shape index (κ3) is 5.27. The third-order valence-corrected chi connectivity index (χ3v) is 3.49. The lowest BCUT2D eigenvalue weighted by Gasteiger charge is -2.14. The van der Waals surface area contributed by atoms with Crippen molar-refractivity contribution in [2.45, 2.75) is 13.8 Å². The number of hydrazine groups is 1. The minimum Gasteiger partial charge on any atom is -0.484 e. The van der Waals surface area contributed by atoms with Crippen LogP contribution in [0.1, 0.15) is 11.1 Å². The van der Waals surface area contributed by atoms with E-state index in [1.165, 1.54) is 0 Å². The predicted molar refractivity (Wildman–Crippen MR) is 95.4 cm³/mol. The number of carbonyl (C=O) groups is 1. The molecular weight excluding hydrogens is 310 g/mol. The van der Waals surface area contributed by atoms with E-state index < -0.39 is 0 Å². The number of thiocarbonyl (C=S) groups is 1. The first-order chi connectivity index (χ1) is 11.1. The second-order valence-corrected chi connectivity index (χ2v) is 5.38. The molecule has 0 fully saturated rings. The van der Waals surface area contributed by atoms with Gasteiger partial charge in [-0.15, -0.1) is 0 Å². The first-order valence-corrected chi connectivity index (χ1v) is 7.57. The average molecular weight is 329 g/mol. The van der Waals surface area contributed by atoms with Gasteiger partial charge in [0.25, 0.3) is 5.91 Å². The highest BCUT2D eigenvalue weighted by Gasteiger charge is 2.05. The maximum atomic E-state index is 11.7. The van der Waals surface area contributed by atoms with Crippen LogP contribution in [0.25, 0.3) is 0 Å².